The summed E-state index contributed by atoms with van der Waals surface area (Å²) in [6.07, 6.45) is 3.40. The van der Waals surface area contributed by atoms with E-state index < -0.39 is 0 Å². The van der Waals surface area contributed by atoms with E-state index in [-0.39, 0.29) is 0 Å². The van der Waals surface area contributed by atoms with Crippen LogP contribution in [0, 0.1) is 13.8 Å². The second-order valence-corrected chi connectivity index (χ2v) is 5.42. The minimum atomic E-state index is 0.343. The second-order valence-electron chi connectivity index (χ2n) is 4.81. The van der Waals surface area contributed by atoms with Crippen molar-refractivity contribution in [3.05, 3.63) is 28.8 Å². The zero-order valence-electron chi connectivity index (χ0n) is 10.2. The summed E-state index contributed by atoms with van der Waals surface area (Å²) >= 11 is 6.20. The lowest BCUT2D eigenvalue weighted by Gasteiger charge is -2.18. The summed E-state index contributed by atoms with van der Waals surface area (Å²) < 4.78 is 5.51. The van der Waals surface area contributed by atoms with Crippen molar-refractivity contribution in [2.45, 2.75) is 44.4 Å². The van der Waals surface area contributed by atoms with Crippen molar-refractivity contribution in [2.24, 2.45) is 0 Å². The predicted molar refractivity (Wildman–Crippen MR) is 68.7 cm³/mol. The molecule has 1 aromatic rings. The fraction of sp³-hybridized carbons (Fsp3) is 0.571. The molecule has 0 bridgehead atoms. The Bertz CT molecular complexity index is 387. The van der Waals surface area contributed by atoms with Gasteiger partial charge in [0, 0.05) is 10.9 Å². The maximum absolute atomic E-state index is 6.20. The Morgan fingerprint density at radius 2 is 2.00 bits per heavy atom. The minimum Gasteiger partial charge on any atom is -0.496 e. The van der Waals surface area contributed by atoms with Crippen molar-refractivity contribution >= 4 is 11.6 Å². The van der Waals surface area contributed by atoms with Crippen molar-refractivity contribution in [3.63, 3.8) is 0 Å². The molecule has 0 radical (unpaired) electrons. The number of alkyl halides is 1. The Morgan fingerprint density at radius 1 is 1.25 bits per heavy atom. The molecule has 1 aliphatic carbocycles. The van der Waals surface area contributed by atoms with E-state index in [1.54, 1.807) is 7.11 Å². The summed E-state index contributed by atoms with van der Waals surface area (Å²) in [5.41, 5.74) is 3.97. The fourth-order valence-electron chi connectivity index (χ4n) is 2.82. The summed E-state index contributed by atoms with van der Waals surface area (Å²) in [5, 5.41) is 0.343. The molecule has 1 aromatic carbocycles. The molecule has 0 saturated heterocycles. The molecule has 0 heterocycles. The van der Waals surface area contributed by atoms with Crippen LogP contribution in [0.15, 0.2) is 12.1 Å². The Kier molecular flexibility index (Phi) is 3.44. The van der Waals surface area contributed by atoms with Gasteiger partial charge >= 0.3 is 0 Å². The topological polar surface area (TPSA) is 9.23 Å². The van der Waals surface area contributed by atoms with Gasteiger partial charge in [0.15, 0.2) is 0 Å². The average molecular weight is 239 g/mol. The van der Waals surface area contributed by atoms with E-state index in [1.165, 1.54) is 23.1 Å². The van der Waals surface area contributed by atoms with E-state index in [0.717, 1.165) is 18.6 Å². The Hall–Kier alpha value is -0.690. The van der Waals surface area contributed by atoms with Crippen LogP contribution >= 0.6 is 11.6 Å². The smallest absolute Gasteiger partial charge is 0.122 e. The van der Waals surface area contributed by atoms with Crippen molar-refractivity contribution < 1.29 is 4.74 Å². The highest BCUT2D eigenvalue weighted by atomic mass is 35.5. The summed E-state index contributed by atoms with van der Waals surface area (Å²) in [7, 11) is 1.75. The molecule has 2 atom stereocenters. The first kappa shape index (κ1) is 11.8. The van der Waals surface area contributed by atoms with E-state index in [9.17, 15) is 0 Å². The summed E-state index contributed by atoms with van der Waals surface area (Å²) in [6.45, 7) is 4.28. The highest BCUT2D eigenvalue weighted by Crippen LogP contribution is 2.42. The molecule has 1 saturated carbocycles. The molecule has 2 rings (SSSR count). The number of aryl methyl sites for hydroxylation is 2. The molecular formula is C14H19ClO. The maximum Gasteiger partial charge on any atom is 0.122 e. The van der Waals surface area contributed by atoms with Gasteiger partial charge in [0.05, 0.1) is 7.11 Å². The van der Waals surface area contributed by atoms with E-state index >= 15 is 0 Å². The lowest BCUT2D eigenvalue weighted by Crippen LogP contribution is -2.02. The van der Waals surface area contributed by atoms with Gasteiger partial charge in [-0.1, -0.05) is 6.07 Å². The van der Waals surface area contributed by atoms with E-state index in [2.05, 4.69) is 26.0 Å². The molecule has 0 N–H and O–H groups in total. The van der Waals surface area contributed by atoms with Crippen molar-refractivity contribution in [1.82, 2.24) is 0 Å². The third-order valence-corrected chi connectivity index (χ3v) is 3.89. The SMILES string of the molecule is COc1cc(C)cc(C)c1C1CCC(Cl)C1. The van der Waals surface area contributed by atoms with Gasteiger partial charge in [0.1, 0.15) is 5.75 Å². The second kappa shape index (κ2) is 4.67. The standard InChI is InChI=1S/C14H19ClO/c1-9-6-10(2)14(13(7-9)16-3)11-4-5-12(15)8-11/h6-7,11-12H,4-5,8H2,1-3H3. The van der Waals surface area contributed by atoms with Crippen LogP contribution in [-0.2, 0) is 0 Å². The Labute approximate surface area is 103 Å². The summed E-state index contributed by atoms with van der Waals surface area (Å²) in [6, 6.07) is 4.36. The first-order chi connectivity index (χ1) is 7.61. The number of methoxy groups -OCH3 is 1. The fourth-order valence-corrected chi connectivity index (χ4v) is 3.16. The maximum atomic E-state index is 6.20. The van der Waals surface area contributed by atoms with Gasteiger partial charge < -0.3 is 4.74 Å². The monoisotopic (exact) mass is 238 g/mol. The third-order valence-electron chi connectivity index (χ3n) is 3.49. The number of hydrogen-bond acceptors (Lipinski definition) is 1. The van der Waals surface area contributed by atoms with Crippen molar-refractivity contribution in [1.29, 1.82) is 0 Å². The summed E-state index contributed by atoms with van der Waals surface area (Å²) in [5.74, 6) is 1.62. The Balaban J connectivity index is 2.39. The summed E-state index contributed by atoms with van der Waals surface area (Å²) in [4.78, 5) is 0. The van der Waals surface area contributed by atoms with Gasteiger partial charge in [-0.3, -0.25) is 0 Å². The molecule has 0 aliphatic heterocycles. The largest absolute Gasteiger partial charge is 0.496 e. The van der Waals surface area contributed by atoms with E-state index in [1.807, 2.05) is 0 Å². The van der Waals surface area contributed by atoms with Crippen LogP contribution in [0.25, 0.3) is 0 Å². The van der Waals surface area contributed by atoms with Crippen molar-refractivity contribution in [3.8, 4) is 5.75 Å². The van der Waals surface area contributed by atoms with Gasteiger partial charge in [0.2, 0.25) is 0 Å². The molecule has 1 fully saturated rings. The van der Waals surface area contributed by atoms with Crippen LogP contribution in [0.3, 0.4) is 0 Å². The van der Waals surface area contributed by atoms with Crippen LogP contribution in [0.2, 0.25) is 0 Å². The van der Waals surface area contributed by atoms with Crippen LogP contribution in [0.4, 0.5) is 0 Å². The lowest BCUT2D eigenvalue weighted by atomic mass is 9.91. The average Bonchev–Trinajstić information content (AvgIpc) is 2.63. The van der Waals surface area contributed by atoms with E-state index in [4.69, 9.17) is 16.3 Å². The van der Waals surface area contributed by atoms with E-state index in [0.29, 0.717) is 11.3 Å². The van der Waals surface area contributed by atoms with Crippen LogP contribution in [0.5, 0.6) is 5.75 Å². The molecule has 0 spiro atoms. The molecule has 2 unspecified atom stereocenters. The van der Waals surface area contributed by atoms with Crippen molar-refractivity contribution in [2.75, 3.05) is 7.11 Å². The van der Waals surface area contributed by atoms with Gasteiger partial charge in [-0.25, -0.2) is 0 Å². The lowest BCUT2D eigenvalue weighted by molar-refractivity contribution is 0.404. The number of benzene rings is 1. The van der Waals surface area contributed by atoms with Gasteiger partial charge in [-0.2, -0.15) is 0 Å². The Morgan fingerprint density at radius 3 is 2.56 bits per heavy atom. The first-order valence-electron chi connectivity index (χ1n) is 5.91. The predicted octanol–water partition coefficient (Wildman–Crippen LogP) is 4.19. The minimum absolute atomic E-state index is 0.343. The first-order valence-corrected chi connectivity index (χ1v) is 6.34. The number of ether oxygens (including phenoxy) is 1. The third kappa shape index (κ3) is 2.20. The molecule has 16 heavy (non-hydrogen) atoms. The number of hydrogen-bond donors (Lipinski definition) is 0. The number of halogens is 1. The van der Waals surface area contributed by atoms with Gasteiger partial charge in [-0.15, -0.1) is 11.6 Å². The molecule has 0 amide bonds. The molecule has 0 aromatic heterocycles. The molecule has 2 heteroatoms. The molecule has 88 valence electrons. The molecule has 1 nitrogen and oxygen atoms in total. The zero-order valence-corrected chi connectivity index (χ0v) is 11.0. The normalized spacial score (nSPS) is 24.8. The highest BCUT2D eigenvalue weighted by Gasteiger charge is 2.27. The molecule has 1 aliphatic rings. The zero-order chi connectivity index (χ0) is 11.7. The van der Waals surface area contributed by atoms with Crippen LogP contribution in [-0.4, -0.2) is 12.5 Å². The van der Waals surface area contributed by atoms with Crippen LogP contribution in [0.1, 0.15) is 41.9 Å². The number of rotatable bonds is 2. The quantitative estimate of drug-likeness (QED) is 0.703. The van der Waals surface area contributed by atoms with Gasteiger partial charge in [0.25, 0.3) is 0 Å². The molecular weight excluding hydrogens is 220 g/mol. The van der Waals surface area contributed by atoms with Gasteiger partial charge in [-0.05, 0) is 56.2 Å². The highest BCUT2D eigenvalue weighted by molar-refractivity contribution is 6.20. The van der Waals surface area contributed by atoms with Crippen LogP contribution < -0.4 is 4.74 Å².